The number of aryl methyl sites for hydroxylation is 1. The number of aliphatic hydroxyl groups is 1. The number of hydrogen-bond donors (Lipinski definition) is 3. The van der Waals surface area contributed by atoms with E-state index in [0.29, 0.717) is 23.6 Å². The maximum atomic E-state index is 12.3. The first-order valence-corrected chi connectivity index (χ1v) is 9.44. The van der Waals surface area contributed by atoms with E-state index in [-0.39, 0.29) is 17.3 Å². The molecule has 136 valence electrons. The van der Waals surface area contributed by atoms with Gasteiger partial charge in [0.15, 0.2) is 0 Å². The lowest BCUT2D eigenvalue weighted by molar-refractivity contribution is -0.116. The van der Waals surface area contributed by atoms with Crippen LogP contribution in [0.4, 0.5) is 5.69 Å². The summed E-state index contributed by atoms with van der Waals surface area (Å²) in [6.45, 7) is 3.44. The van der Waals surface area contributed by atoms with Crippen LogP contribution in [0.2, 0.25) is 0 Å². The lowest BCUT2D eigenvalue weighted by Gasteiger charge is -2.11. The van der Waals surface area contributed by atoms with E-state index in [9.17, 15) is 18.3 Å². The molecule has 7 nitrogen and oxygen atoms in total. The van der Waals surface area contributed by atoms with Crippen molar-refractivity contribution in [3.8, 4) is 0 Å². The van der Waals surface area contributed by atoms with Crippen molar-refractivity contribution < 1.29 is 22.7 Å². The number of benzene rings is 1. The molecule has 2 rings (SSSR count). The number of carbonyl (C=O) groups excluding carboxylic acids is 1. The Morgan fingerprint density at radius 2 is 1.88 bits per heavy atom. The summed E-state index contributed by atoms with van der Waals surface area (Å²) in [5.74, 6) is 0.819. The Hall–Kier alpha value is -2.16. The average Bonchev–Trinajstić information content (AvgIpc) is 3.00. The molecule has 1 aromatic carbocycles. The van der Waals surface area contributed by atoms with Crippen molar-refractivity contribution in [1.82, 2.24) is 4.72 Å². The van der Waals surface area contributed by atoms with Gasteiger partial charge in [0, 0.05) is 18.7 Å². The smallest absolute Gasteiger partial charge is 0.240 e. The number of anilines is 1. The van der Waals surface area contributed by atoms with Crippen LogP contribution in [0.3, 0.4) is 0 Å². The molecule has 0 unspecified atom stereocenters. The zero-order chi connectivity index (χ0) is 18.4. The average molecular weight is 366 g/mol. The third kappa shape index (κ3) is 5.42. The van der Waals surface area contributed by atoms with Crippen molar-refractivity contribution >= 4 is 21.6 Å². The molecule has 2 aromatic rings. The molecule has 8 heteroatoms. The molecule has 1 atom stereocenters. The van der Waals surface area contributed by atoms with E-state index >= 15 is 0 Å². The zero-order valence-corrected chi connectivity index (χ0v) is 15.0. The largest absolute Gasteiger partial charge is 0.464 e. The second-order valence-corrected chi connectivity index (χ2v) is 7.41. The number of carbonyl (C=O) groups is 1. The maximum absolute atomic E-state index is 12.3. The predicted octanol–water partition coefficient (Wildman–Crippen LogP) is 2.34. The number of hydrogen-bond acceptors (Lipinski definition) is 5. The van der Waals surface area contributed by atoms with Crippen molar-refractivity contribution in [2.75, 3.05) is 11.9 Å². The normalized spacial score (nSPS) is 12.8. The van der Waals surface area contributed by atoms with Gasteiger partial charge in [0.1, 0.15) is 17.6 Å². The fourth-order valence-electron chi connectivity index (χ4n) is 2.17. The van der Waals surface area contributed by atoms with E-state index in [1.807, 2.05) is 6.92 Å². The van der Waals surface area contributed by atoms with Crippen LogP contribution in [0.5, 0.6) is 0 Å². The summed E-state index contributed by atoms with van der Waals surface area (Å²) in [4.78, 5) is 11.6. The van der Waals surface area contributed by atoms with Gasteiger partial charge in [-0.25, -0.2) is 13.1 Å². The molecular weight excluding hydrogens is 344 g/mol. The molecule has 0 bridgehead atoms. The summed E-state index contributed by atoms with van der Waals surface area (Å²) in [6.07, 6.45) is 0.0713. The summed E-state index contributed by atoms with van der Waals surface area (Å²) in [6, 6.07) is 9.13. The summed E-state index contributed by atoms with van der Waals surface area (Å²) in [7, 11) is -3.78. The summed E-state index contributed by atoms with van der Waals surface area (Å²) >= 11 is 0. The van der Waals surface area contributed by atoms with Crippen molar-refractivity contribution in [3.05, 3.63) is 47.9 Å². The Labute approximate surface area is 147 Å². The number of aliphatic hydroxyl groups excluding tert-OH is 1. The van der Waals surface area contributed by atoms with Crippen LogP contribution in [0, 0.1) is 6.92 Å². The van der Waals surface area contributed by atoms with Crippen molar-refractivity contribution in [3.63, 3.8) is 0 Å². The first-order valence-electron chi connectivity index (χ1n) is 7.96. The van der Waals surface area contributed by atoms with Crippen LogP contribution < -0.4 is 10.0 Å². The topological polar surface area (TPSA) is 109 Å². The molecule has 0 saturated carbocycles. The molecule has 0 aliphatic carbocycles. The van der Waals surface area contributed by atoms with E-state index in [0.717, 1.165) is 6.42 Å². The van der Waals surface area contributed by atoms with Gasteiger partial charge in [-0.1, -0.05) is 6.92 Å². The van der Waals surface area contributed by atoms with Crippen LogP contribution in [0.15, 0.2) is 45.7 Å². The number of rotatable bonds is 8. The molecule has 0 saturated heterocycles. The second kappa shape index (κ2) is 8.28. The molecule has 3 N–H and O–H groups in total. The lowest BCUT2D eigenvalue weighted by Crippen LogP contribution is -2.28. The molecule has 0 aliphatic rings. The standard InChI is InChI=1S/C17H22N2O5S/c1-3-4-17(21)19-13-6-8-14(9-7-13)25(22,23)18-11-15(20)16-10-5-12(2)24-16/h5-10,15,18,20H,3-4,11H2,1-2H3,(H,19,21)/t15-/m0/s1. The number of nitrogens with one attached hydrogen (secondary N) is 2. The first kappa shape index (κ1) is 19.2. The van der Waals surface area contributed by atoms with Gasteiger partial charge < -0.3 is 14.8 Å². The maximum Gasteiger partial charge on any atom is 0.240 e. The highest BCUT2D eigenvalue weighted by molar-refractivity contribution is 7.89. The Morgan fingerprint density at radius 1 is 1.20 bits per heavy atom. The quantitative estimate of drug-likeness (QED) is 0.664. The van der Waals surface area contributed by atoms with Crippen LogP contribution in [0.1, 0.15) is 37.4 Å². The van der Waals surface area contributed by atoms with Gasteiger partial charge in [0.2, 0.25) is 15.9 Å². The van der Waals surface area contributed by atoms with Gasteiger partial charge in [-0.05, 0) is 49.7 Å². The Bertz CT molecular complexity index is 812. The van der Waals surface area contributed by atoms with Crippen molar-refractivity contribution in [1.29, 1.82) is 0 Å². The van der Waals surface area contributed by atoms with Gasteiger partial charge >= 0.3 is 0 Å². The van der Waals surface area contributed by atoms with Crippen LogP contribution in [0.25, 0.3) is 0 Å². The van der Waals surface area contributed by atoms with Gasteiger partial charge in [-0.3, -0.25) is 4.79 Å². The lowest BCUT2D eigenvalue weighted by atomic mass is 10.3. The highest BCUT2D eigenvalue weighted by atomic mass is 32.2. The van der Waals surface area contributed by atoms with Gasteiger partial charge in [-0.2, -0.15) is 0 Å². The third-order valence-corrected chi connectivity index (χ3v) is 4.92. The fourth-order valence-corrected chi connectivity index (χ4v) is 3.21. The van der Waals surface area contributed by atoms with Crippen LogP contribution in [-0.2, 0) is 14.8 Å². The number of sulfonamides is 1. The second-order valence-electron chi connectivity index (χ2n) is 5.64. The molecule has 0 fully saturated rings. The highest BCUT2D eigenvalue weighted by Crippen LogP contribution is 2.18. The SMILES string of the molecule is CCCC(=O)Nc1ccc(S(=O)(=O)NC[C@H](O)c2ccc(C)o2)cc1. The Kier molecular flexibility index (Phi) is 6.35. The van der Waals surface area contributed by atoms with Crippen molar-refractivity contribution in [2.45, 2.75) is 37.7 Å². The van der Waals surface area contributed by atoms with Crippen LogP contribution in [-0.4, -0.2) is 26.0 Å². The molecule has 0 spiro atoms. The molecule has 1 aromatic heterocycles. The van der Waals surface area contributed by atoms with Crippen LogP contribution >= 0.6 is 0 Å². The summed E-state index contributed by atoms with van der Waals surface area (Å²) < 4.78 is 32.1. The summed E-state index contributed by atoms with van der Waals surface area (Å²) in [5.41, 5.74) is 0.531. The van der Waals surface area contributed by atoms with Crippen molar-refractivity contribution in [2.24, 2.45) is 0 Å². The zero-order valence-electron chi connectivity index (χ0n) is 14.2. The Balaban J connectivity index is 1.98. The minimum atomic E-state index is -3.78. The summed E-state index contributed by atoms with van der Waals surface area (Å²) in [5, 5.41) is 12.7. The first-order chi connectivity index (χ1) is 11.8. The van der Waals surface area contributed by atoms with E-state index in [4.69, 9.17) is 4.42 Å². The molecule has 1 heterocycles. The minimum absolute atomic E-state index is 0.0452. The van der Waals surface area contributed by atoms with E-state index in [1.165, 1.54) is 24.3 Å². The molecule has 0 aliphatic heterocycles. The van der Waals surface area contributed by atoms with Gasteiger partial charge in [0.05, 0.1) is 4.90 Å². The monoisotopic (exact) mass is 366 g/mol. The fraction of sp³-hybridized carbons (Fsp3) is 0.353. The molecule has 0 radical (unpaired) electrons. The molecular formula is C17H22N2O5S. The van der Waals surface area contributed by atoms with Gasteiger partial charge in [-0.15, -0.1) is 0 Å². The Morgan fingerprint density at radius 3 is 2.44 bits per heavy atom. The van der Waals surface area contributed by atoms with E-state index < -0.39 is 16.1 Å². The van der Waals surface area contributed by atoms with Gasteiger partial charge in [0.25, 0.3) is 0 Å². The highest BCUT2D eigenvalue weighted by Gasteiger charge is 2.18. The molecule has 25 heavy (non-hydrogen) atoms. The predicted molar refractivity (Wildman–Crippen MR) is 93.6 cm³/mol. The number of furan rings is 1. The minimum Gasteiger partial charge on any atom is -0.464 e. The third-order valence-electron chi connectivity index (χ3n) is 3.48. The molecule has 1 amide bonds. The van der Waals surface area contributed by atoms with E-state index in [2.05, 4.69) is 10.0 Å². The van der Waals surface area contributed by atoms with E-state index in [1.54, 1.807) is 19.1 Å². The number of amides is 1.